The van der Waals surface area contributed by atoms with Gasteiger partial charge >= 0.3 is 5.97 Å². The molecule has 3 N–H and O–H groups in total. The summed E-state index contributed by atoms with van der Waals surface area (Å²) in [5.74, 6) is -0.0470. The van der Waals surface area contributed by atoms with E-state index in [0.29, 0.717) is 19.4 Å². The first-order chi connectivity index (χ1) is 36.0. The van der Waals surface area contributed by atoms with Crippen molar-refractivity contribution in [3.05, 3.63) is 12.2 Å². The first kappa shape index (κ1) is 71.6. The predicted molar refractivity (Wildman–Crippen MR) is 320 cm³/mol. The van der Waals surface area contributed by atoms with Crippen molar-refractivity contribution < 1.29 is 24.5 Å². The maximum Gasteiger partial charge on any atom is 0.305 e. The third kappa shape index (κ3) is 59.7. The van der Waals surface area contributed by atoms with E-state index < -0.39 is 12.1 Å². The van der Waals surface area contributed by atoms with Crippen molar-refractivity contribution in [2.45, 2.75) is 392 Å². The molecule has 0 aromatic heterocycles. The van der Waals surface area contributed by atoms with E-state index in [9.17, 15) is 19.8 Å². The van der Waals surface area contributed by atoms with Crippen LogP contribution in [0.4, 0.5) is 0 Å². The summed E-state index contributed by atoms with van der Waals surface area (Å²) in [5, 5.41) is 23.2. The van der Waals surface area contributed by atoms with Crippen LogP contribution in [-0.4, -0.2) is 47.4 Å². The average molecular weight is 1030 g/mol. The first-order valence-corrected chi connectivity index (χ1v) is 33.5. The van der Waals surface area contributed by atoms with Crippen molar-refractivity contribution in [3.63, 3.8) is 0 Å². The molecule has 0 spiro atoms. The number of esters is 1. The number of hydrogen-bond donors (Lipinski definition) is 3. The van der Waals surface area contributed by atoms with Crippen molar-refractivity contribution in [1.82, 2.24) is 5.32 Å². The predicted octanol–water partition coefficient (Wildman–Crippen LogP) is 21.2. The molecule has 1 amide bonds. The van der Waals surface area contributed by atoms with E-state index in [2.05, 4.69) is 19.2 Å². The zero-order valence-electron chi connectivity index (χ0n) is 49.6. The summed E-state index contributed by atoms with van der Waals surface area (Å²) in [4.78, 5) is 24.5. The lowest BCUT2D eigenvalue weighted by Crippen LogP contribution is -2.45. The number of nitrogens with one attached hydrogen (secondary N) is 1. The van der Waals surface area contributed by atoms with E-state index in [1.54, 1.807) is 6.08 Å². The first-order valence-electron chi connectivity index (χ1n) is 33.5. The largest absolute Gasteiger partial charge is 0.466 e. The van der Waals surface area contributed by atoms with E-state index in [0.717, 1.165) is 38.5 Å². The molecule has 0 fully saturated rings. The second-order valence-electron chi connectivity index (χ2n) is 23.2. The maximum absolute atomic E-state index is 12.5. The number of aliphatic hydroxyl groups excluding tert-OH is 2. The van der Waals surface area contributed by atoms with E-state index in [1.165, 1.54) is 315 Å². The van der Waals surface area contributed by atoms with E-state index in [1.807, 2.05) is 6.08 Å². The van der Waals surface area contributed by atoms with Crippen LogP contribution in [0.25, 0.3) is 0 Å². The van der Waals surface area contributed by atoms with Gasteiger partial charge in [0, 0.05) is 12.8 Å². The molecule has 2 atom stereocenters. The molecule has 0 aromatic rings. The second kappa shape index (κ2) is 63.1. The van der Waals surface area contributed by atoms with Crippen LogP contribution in [0, 0.1) is 0 Å². The van der Waals surface area contributed by atoms with Crippen molar-refractivity contribution in [3.8, 4) is 0 Å². The minimum absolute atomic E-state index is 0.0155. The molecular formula is C67H131NO5. The molecule has 0 aliphatic carbocycles. The van der Waals surface area contributed by atoms with Gasteiger partial charge in [-0.15, -0.1) is 0 Å². The van der Waals surface area contributed by atoms with Gasteiger partial charge in [-0.05, 0) is 32.1 Å². The highest BCUT2D eigenvalue weighted by Gasteiger charge is 2.18. The number of ether oxygens (including phenoxy) is 1. The number of carbonyl (C=O) groups excluding carboxylic acids is 2. The van der Waals surface area contributed by atoms with Crippen LogP contribution >= 0.6 is 0 Å². The third-order valence-corrected chi connectivity index (χ3v) is 15.8. The molecule has 2 unspecified atom stereocenters. The molecule has 0 saturated carbocycles. The standard InChI is InChI=1S/C67H131NO5/c1-3-5-7-9-11-13-15-16-17-18-19-24-27-30-33-36-40-43-47-51-55-59-65(70)64(63-69)68-66(71)60-56-52-48-44-41-37-34-31-28-25-22-20-21-23-26-29-32-35-38-42-46-50-54-58-62-73-67(72)61-57-53-49-45-39-14-12-10-8-6-4-2/h55,59,64-65,69-70H,3-54,56-58,60-63H2,1-2H3,(H,68,71)/b59-55+. The lowest BCUT2D eigenvalue weighted by molar-refractivity contribution is -0.143. The van der Waals surface area contributed by atoms with Crippen LogP contribution < -0.4 is 5.32 Å². The van der Waals surface area contributed by atoms with Gasteiger partial charge in [0.25, 0.3) is 0 Å². The van der Waals surface area contributed by atoms with E-state index in [4.69, 9.17) is 4.74 Å². The Balaban J connectivity index is 3.40. The van der Waals surface area contributed by atoms with Crippen LogP contribution in [0.2, 0.25) is 0 Å². The molecule has 6 nitrogen and oxygen atoms in total. The van der Waals surface area contributed by atoms with Gasteiger partial charge in [-0.3, -0.25) is 9.59 Å². The minimum Gasteiger partial charge on any atom is -0.466 e. The Morgan fingerprint density at radius 3 is 0.932 bits per heavy atom. The molecule has 0 radical (unpaired) electrons. The molecule has 0 bridgehead atoms. The van der Waals surface area contributed by atoms with Crippen LogP contribution in [0.1, 0.15) is 380 Å². The highest BCUT2D eigenvalue weighted by molar-refractivity contribution is 5.76. The molecule has 434 valence electrons. The summed E-state index contributed by atoms with van der Waals surface area (Å²) in [6.07, 6.45) is 77.0. The number of amides is 1. The fraction of sp³-hybridized carbons (Fsp3) is 0.940. The summed E-state index contributed by atoms with van der Waals surface area (Å²) in [6.45, 7) is 4.94. The Bertz CT molecular complexity index is 1100. The van der Waals surface area contributed by atoms with Crippen molar-refractivity contribution in [2.75, 3.05) is 13.2 Å². The summed E-state index contributed by atoms with van der Waals surface area (Å²) in [5.41, 5.74) is 0. The molecule has 0 saturated heterocycles. The number of rotatable bonds is 63. The molecule has 6 heteroatoms. The normalized spacial score (nSPS) is 12.5. The van der Waals surface area contributed by atoms with Gasteiger partial charge in [-0.25, -0.2) is 0 Å². The van der Waals surface area contributed by atoms with Crippen molar-refractivity contribution >= 4 is 11.9 Å². The van der Waals surface area contributed by atoms with Crippen LogP contribution in [0.15, 0.2) is 12.2 Å². The van der Waals surface area contributed by atoms with Gasteiger partial charge in [-0.2, -0.15) is 0 Å². The van der Waals surface area contributed by atoms with Gasteiger partial charge in [0.15, 0.2) is 0 Å². The molecule has 0 heterocycles. The van der Waals surface area contributed by atoms with Crippen molar-refractivity contribution in [2.24, 2.45) is 0 Å². The quantitative estimate of drug-likeness (QED) is 0.0320. The number of carbonyl (C=O) groups is 2. The van der Waals surface area contributed by atoms with Gasteiger partial charge in [0.05, 0.1) is 25.4 Å². The highest BCUT2D eigenvalue weighted by Crippen LogP contribution is 2.19. The fourth-order valence-corrected chi connectivity index (χ4v) is 10.7. The van der Waals surface area contributed by atoms with Crippen LogP contribution in [-0.2, 0) is 14.3 Å². The molecule has 0 aromatic carbocycles. The number of unbranched alkanes of at least 4 members (excludes halogenated alkanes) is 52. The van der Waals surface area contributed by atoms with E-state index >= 15 is 0 Å². The Morgan fingerprint density at radius 2 is 0.630 bits per heavy atom. The summed E-state index contributed by atoms with van der Waals surface area (Å²) < 4.78 is 5.47. The number of allylic oxidation sites excluding steroid dienone is 1. The zero-order chi connectivity index (χ0) is 52.9. The molecule has 0 rings (SSSR count). The Hall–Kier alpha value is -1.40. The van der Waals surface area contributed by atoms with Crippen LogP contribution in [0.3, 0.4) is 0 Å². The van der Waals surface area contributed by atoms with Gasteiger partial charge in [0.2, 0.25) is 5.91 Å². The lowest BCUT2D eigenvalue weighted by Gasteiger charge is -2.20. The van der Waals surface area contributed by atoms with Gasteiger partial charge in [0.1, 0.15) is 0 Å². The summed E-state index contributed by atoms with van der Waals surface area (Å²) in [6, 6.07) is -0.627. The van der Waals surface area contributed by atoms with Crippen LogP contribution in [0.5, 0.6) is 0 Å². The van der Waals surface area contributed by atoms with Crippen molar-refractivity contribution in [1.29, 1.82) is 0 Å². The Kier molecular flexibility index (Phi) is 61.9. The topological polar surface area (TPSA) is 95.9 Å². The lowest BCUT2D eigenvalue weighted by atomic mass is 10.0. The number of hydrogen-bond acceptors (Lipinski definition) is 5. The minimum atomic E-state index is -0.844. The average Bonchev–Trinajstić information content (AvgIpc) is 3.39. The maximum atomic E-state index is 12.5. The molecule has 0 aliphatic rings. The number of aliphatic hydroxyl groups is 2. The third-order valence-electron chi connectivity index (χ3n) is 15.8. The SMILES string of the molecule is CCCCCCCCCCCCCCCCCCCCC/C=C/C(O)C(CO)NC(=O)CCCCCCCCCCCCCCCCCCCCCCCCCCOC(=O)CCCCCCCCCCCCC. The molecule has 0 aliphatic heterocycles. The smallest absolute Gasteiger partial charge is 0.305 e. The van der Waals surface area contributed by atoms with Gasteiger partial charge in [-0.1, -0.05) is 347 Å². The van der Waals surface area contributed by atoms with Gasteiger partial charge < -0.3 is 20.3 Å². The highest BCUT2D eigenvalue weighted by atomic mass is 16.5. The summed E-state index contributed by atoms with van der Waals surface area (Å²) in [7, 11) is 0. The molecule has 73 heavy (non-hydrogen) atoms. The van der Waals surface area contributed by atoms with E-state index in [-0.39, 0.29) is 18.5 Å². The monoisotopic (exact) mass is 1030 g/mol. The summed E-state index contributed by atoms with van der Waals surface area (Å²) >= 11 is 0. The Morgan fingerprint density at radius 1 is 0.370 bits per heavy atom. The molecular weight excluding hydrogens is 899 g/mol. The fourth-order valence-electron chi connectivity index (χ4n) is 10.7. The zero-order valence-corrected chi connectivity index (χ0v) is 49.6. The second-order valence-corrected chi connectivity index (χ2v) is 23.2. The Labute approximate surface area is 457 Å².